The van der Waals surface area contributed by atoms with E-state index in [9.17, 15) is 13.2 Å². The molecule has 2 atom stereocenters. The number of alkyl halides is 3. The fraction of sp³-hybridized carbons (Fsp3) is 0.647. The van der Waals surface area contributed by atoms with Gasteiger partial charge in [-0.25, -0.2) is 0 Å². The van der Waals surface area contributed by atoms with Gasteiger partial charge >= 0.3 is 6.18 Å². The van der Waals surface area contributed by atoms with E-state index in [1.54, 1.807) is 13.2 Å². The first-order valence-electron chi connectivity index (χ1n) is 7.53. The molecule has 0 amide bonds. The van der Waals surface area contributed by atoms with E-state index in [1.807, 2.05) is 13.0 Å². The maximum absolute atomic E-state index is 12.9. The monoisotopic (exact) mass is 318 g/mol. The number of allylic oxidation sites excluding steroid dienone is 3. The zero-order valence-corrected chi connectivity index (χ0v) is 13.5. The van der Waals surface area contributed by atoms with Crippen LogP contribution in [0.2, 0.25) is 0 Å². The van der Waals surface area contributed by atoms with Gasteiger partial charge in [-0.2, -0.15) is 13.2 Å². The van der Waals surface area contributed by atoms with Crippen molar-refractivity contribution in [2.75, 3.05) is 20.3 Å². The molecule has 0 aromatic rings. The number of hydrogen-bond acceptors (Lipinski definition) is 2. The first-order chi connectivity index (χ1) is 10.3. The van der Waals surface area contributed by atoms with Crippen molar-refractivity contribution in [2.24, 2.45) is 5.92 Å². The Hall–Kier alpha value is -1.07. The van der Waals surface area contributed by atoms with E-state index in [2.05, 4.69) is 13.0 Å². The Kier molecular flexibility index (Phi) is 7.90. The molecular weight excluding hydrogens is 293 g/mol. The summed E-state index contributed by atoms with van der Waals surface area (Å²) in [5, 5.41) is 0. The van der Waals surface area contributed by atoms with E-state index in [0.29, 0.717) is 18.9 Å². The lowest BCUT2D eigenvalue weighted by Crippen LogP contribution is -2.14. The minimum atomic E-state index is -4.30. The molecule has 22 heavy (non-hydrogen) atoms. The summed E-state index contributed by atoms with van der Waals surface area (Å²) in [4.78, 5) is 0. The third-order valence-electron chi connectivity index (χ3n) is 3.55. The van der Waals surface area contributed by atoms with E-state index in [4.69, 9.17) is 9.47 Å². The minimum absolute atomic E-state index is 0.0151. The predicted molar refractivity (Wildman–Crippen MR) is 81.7 cm³/mol. The lowest BCUT2D eigenvalue weighted by molar-refractivity contribution is -0.0945. The topological polar surface area (TPSA) is 18.5 Å². The van der Waals surface area contributed by atoms with Crippen LogP contribution >= 0.6 is 0 Å². The average Bonchev–Trinajstić information content (AvgIpc) is 2.41. The maximum Gasteiger partial charge on any atom is 0.412 e. The fourth-order valence-corrected chi connectivity index (χ4v) is 2.45. The second-order valence-corrected chi connectivity index (χ2v) is 5.71. The van der Waals surface area contributed by atoms with Crippen molar-refractivity contribution in [3.05, 3.63) is 35.5 Å². The van der Waals surface area contributed by atoms with Gasteiger partial charge < -0.3 is 9.47 Å². The Morgan fingerprint density at radius 2 is 2.05 bits per heavy atom. The summed E-state index contributed by atoms with van der Waals surface area (Å²) in [5.41, 5.74) is 0.489. The molecule has 0 aliphatic carbocycles. The van der Waals surface area contributed by atoms with Crippen molar-refractivity contribution in [1.82, 2.24) is 0 Å². The molecule has 1 aliphatic rings. The first-order valence-corrected chi connectivity index (χ1v) is 7.53. The van der Waals surface area contributed by atoms with E-state index >= 15 is 0 Å². The van der Waals surface area contributed by atoms with Crippen LogP contribution in [-0.2, 0) is 9.47 Å². The quantitative estimate of drug-likeness (QED) is 0.645. The van der Waals surface area contributed by atoms with Gasteiger partial charge in [0.25, 0.3) is 0 Å². The summed E-state index contributed by atoms with van der Waals surface area (Å²) < 4.78 is 49.4. The molecule has 1 aliphatic heterocycles. The minimum Gasteiger partial charge on any atom is -0.377 e. The van der Waals surface area contributed by atoms with Gasteiger partial charge in [-0.3, -0.25) is 0 Å². The van der Waals surface area contributed by atoms with E-state index < -0.39 is 11.7 Å². The van der Waals surface area contributed by atoms with Crippen molar-refractivity contribution in [1.29, 1.82) is 0 Å². The summed E-state index contributed by atoms with van der Waals surface area (Å²) >= 11 is 0. The third kappa shape index (κ3) is 7.27. The van der Waals surface area contributed by atoms with Crippen LogP contribution in [0.3, 0.4) is 0 Å². The van der Waals surface area contributed by atoms with Crippen molar-refractivity contribution in [3.8, 4) is 0 Å². The van der Waals surface area contributed by atoms with Crippen LogP contribution in [0, 0.1) is 5.92 Å². The molecule has 2 nitrogen and oxygen atoms in total. The highest BCUT2D eigenvalue weighted by molar-refractivity contribution is 5.11. The summed E-state index contributed by atoms with van der Waals surface area (Å²) in [5.74, 6) is 0.322. The number of halogens is 3. The highest BCUT2D eigenvalue weighted by Gasteiger charge is 2.32. The van der Waals surface area contributed by atoms with E-state index in [-0.39, 0.29) is 19.1 Å². The van der Waals surface area contributed by atoms with E-state index in [1.165, 1.54) is 0 Å². The Morgan fingerprint density at radius 3 is 2.68 bits per heavy atom. The van der Waals surface area contributed by atoms with Gasteiger partial charge in [0.05, 0.1) is 19.3 Å². The second-order valence-electron chi connectivity index (χ2n) is 5.71. The number of ether oxygens (including phenoxy) is 2. The molecule has 0 saturated heterocycles. The molecule has 0 saturated carbocycles. The molecule has 0 bridgehead atoms. The highest BCUT2D eigenvalue weighted by Crippen LogP contribution is 2.29. The van der Waals surface area contributed by atoms with Crippen LogP contribution in [0.4, 0.5) is 13.2 Å². The molecule has 0 unspecified atom stereocenters. The maximum atomic E-state index is 12.9. The molecule has 0 spiro atoms. The van der Waals surface area contributed by atoms with Crippen molar-refractivity contribution >= 4 is 0 Å². The Bertz CT molecular complexity index is 422. The summed E-state index contributed by atoms with van der Waals surface area (Å²) in [7, 11) is 1.62. The molecular formula is C17H25F3O2. The van der Waals surface area contributed by atoms with Crippen LogP contribution in [0.25, 0.3) is 0 Å². The Balaban J connectivity index is 2.86. The lowest BCUT2D eigenvalue weighted by Gasteiger charge is -2.16. The van der Waals surface area contributed by atoms with Crippen LogP contribution in [-0.4, -0.2) is 32.6 Å². The molecule has 0 fully saturated rings. The fourth-order valence-electron chi connectivity index (χ4n) is 2.45. The number of hydrogen-bond donors (Lipinski definition) is 0. The van der Waals surface area contributed by atoms with Gasteiger partial charge in [-0.1, -0.05) is 36.8 Å². The van der Waals surface area contributed by atoms with Crippen molar-refractivity contribution in [2.45, 2.75) is 45.4 Å². The first kappa shape index (κ1) is 19.0. The zero-order chi connectivity index (χ0) is 16.6. The van der Waals surface area contributed by atoms with Crippen molar-refractivity contribution in [3.63, 3.8) is 0 Å². The molecule has 5 heteroatoms. The molecule has 0 N–H and O–H groups in total. The predicted octanol–water partition coefficient (Wildman–Crippen LogP) is 4.83. The molecule has 0 radical (unpaired) electrons. The lowest BCUT2D eigenvalue weighted by atomic mass is 10.00. The largest absolute Gasteiger partial charge is 0.412 e. The highest BCUT2D eigenvalue weighted by atomic mass is 19.4. The SMILES string of the molecule is CO[C@H]1/C=C/CC/C(C(F)(F)F)=C/COC/C(C)=C\[C@@H](C)C1. The molecule has 1 heterocycles. The smallest absolute Gasteiger partial charge is 0.377 e. The Morgan fingerprint density at radius 1 is 1.32 bits per heavy atom. The Labute approximate surface area is 130 Å². The van der Waals surface area contributed by atoms with E-state index in [0.717, 1.165) is 18.1 Å². The molecule has 126 valence electrons. The number of rotatable bonds is 1. The standard InChI is InChI=1S/C17H25F3O2/c1-13-10-14(2)12-22-9-8-15(17(18,19)20)6-4-5-7-16(11-13)21-3/h5,7-8,10,13,16H,4,6,9,11-12H2,1-3H3/b7-5+,14-10-,15-8-/t13-,16+/m1/s1. The van der Waals surface area contributed by atoms with Gasteiger partial charge in [-0.15, -0.1) is 0 Å². The van der Waals surface area contributed by atoms with Gasteiger partial charge in [0, 0.05) is 12.7 Å². The molecule has 1 rings (SSSR count). The van der Waals surface area contributed by atoms with Gasteiger partial charge in [-0.05, 0) is 32.1 Å². The van der Waals surface area contributed by atoms with Gasteiger partial charge in [0.15, 0.2) is 0 Å². The van der Waals surface area contributed by atoms with Crippen molar-refractivity contribution < 1.29 is 22.6 Å². The van der Waals surface area contributed by atoms with Gasteiger partial charge in [0.2, 0.25) is 0 Å². The third-order valence-corrected chi connectivity index (χ3v) is 3.55. The normalized spacial score (nSPS) is 32.3. The summed E-state index contributed by atoms with van der Waals surface area (Å²) in [6.45, 7) is 4.35. The summed E-state index contributed by atoms with van der Waals surface area (Å²) in [6, 6.07) is 0. The summed E-state index contributed by atoms with van der Waals surface area (Å²) in [6.07, 6.45) is 3.57. The zero-order valence-electron chi connectivity index (χ0n) is 13.5. The second kappa shape index (κ2) is 9.16. The van der Waals surface area contributed by atoms with Gasteiger partial charge in [0.1, 0.15) is 0 Å². The van der Waals surface area contributed by atoms with Crippen LogP contribution in [0.1, 0.15) is 33.1 Å². The molecule has 0 aromatic heterocycles. The van der Waals surface area contributed by atoms with Crippen LogP contribution in [0.5, 0.6) is 0 Å². The average molecular weight is 318 g/mol. The molecule has 0 aromatic carbocycles. The number of methoxy groups -OCH3 is 1. The van der Waals surface area contributed by atoms with Crippen LogP contribution in [0.15, 0.2) is 35.5 Å². The van der Waals surface area contributed by atoms with Crippen LogP contribution < -0.4 is 0 Å².